The molecule has 0 aliphatic heterocycles. The second kappa shape index (κ2) is 7.63. The van der Waals surface area contributed by atoms with Crippen molar-refractivity contribution in [3.63, 3.8) is 0 Å². The van der Waals surface area contributed by atoms with E-state index in [1.54, 1.807) is 6.07 Å². The lowest BCUT2D eigenvalue weighted by atomic mass is 10.2. The van der Waals surface area contributed by atoms with Crippen molar-refractivity contribution in [1.82, 2.24) is 0 Å². The summed E-state index contributed by atoms with van der Waals surface area (Å²) >= 11 is 0. The van der Waals surface area contributed by atoms with Crippen molar-refractivity contribution < 1.29 is 24.3 Å². The normalized spacial score (nSPS) is 10.5. The Kier molecular flexibility index (Phi) is 6.15. The van der Waals surface area contributed by atoms with Gasteiger partial charge in [0.25, 0.3) is 0 Å². The molecule has 0 unspecified atom stereocenters. The quantitative estimate of drug-likeness (QED) is 0.637. The molecule has 0 fully saturated rings. The second-order valence-corrected chi connectivity index (χ2v) is 4.54. The van der Waals surface area contributed by atoms with Crippen LogP contribution in [0.5, 0.6) is 11.5 Å². The van der Waals surface area contributed by atoms with Gasteiger partial charge in [0.15, 0.2) is 11.5 Å². The van der Waals surface area contributed by atoms with E-state index in [1.807, 2.05) is 6.92 Å². The van der Waals surface area contributed by atoms with Crippen molar-refractivity contribution in [1.29, 1.82) is 0 Å². The van der Waals surface area contributed by atoms with Gasteiger partial charge in [-0.1, -0.05) is 0 Å². The van der Waals surface area contributed by atoms with Gasteiger partial charge in [-0.2, -0.15) is 0 Å². The van der Waals surface area contributed by atoms with E-state index in [0.29, 0.717) is 24.7 Å². The van der Waals surface area contributed by atoms with Gasteiger partial charge in [-0.15, -0.1) is 0 Å². The van der Waals surface area contributed by atoms with Crippen LogP contribution in [-0.2, 0) is 0 Å². The summed E-state index contributed by atoms with van der Waals surface area (Å²) in [5, 5.41) is 10.8. The van der Waals surface area contributed by atoms with E-state index < -0.39 is 5.97 Å². The molecule has 19 heavy (non-hydrogen) atoms. The summed E-state index contributed by atoms with van der Waals surface area (Å²) in [5.74, 6) is -0.203. The molecular weight excluding hydrogens is 246 g/mol. The highest BCUT2D eigenvalue weighted by molar-refractivity contribution is 5.86. The molecule has 0 aliphatic rings. The summed E-state index contributed by atoms with van der Waals surface area (Å²) < 4.78 is 11.0. The Labute approximate surface area is 113 Å². The van der Waals surface area contributed by atoms with E-state index in [0.717, 1.165) is 13.0 Å². The Morgan fingerprint density at radius 3 is 2.58 bits per heavy atom. The molecule has 0 bridgehead atoms. The molecule has 5 heteroatoms. The minimum atomic E-state index is -1.22. The summed E-state index contributed by atoms with van der Waals surface area (Å²) in [6.45, 7) is 3.89. The molecule has 0 spiro atoms. The van der Waals surface area contributed by atoms with Crippen LogP contribution in [0.3, 0.4) is 0 Å². The maximum absolute atomic E-state index is 10.8. The molecule has 1 N–H and O–H groups in total. The highest BCUT2D eigenvalue weighted by Crippen LogP contribution is 2.28. The largest absolute Gasteiger partial charge is 0.545 e. The zero-order chi connectivity index (χ0) is 14.3. The van der Waals surface area contributed by atoms with Gasteiger partial charge in [0.1, 0.15) is 0 Å². The summed E-state index contributed by atoms with van der Waals surface area (Å²) in [7, 11) is 4.17. The van der Waals surface area contributed by atoms with Crippen LogP contribution >= 0.6 is 0 Å². The molecule has 106 valence electrons. The van der Waals surface area contributed by atoms with E-state index in [9.17, 15) is 9.90 Å². The number of carboxylic acid groups (broad SMARTS) is 1. The van der Waals surface area contributed by atoms with Gasteiger partial charge in [-0.3, -0.25) is 0 Å². The summed E-state index contributed by atoms with van der Waals surface area (Å²) in [6.07, 6.45) is 0.927. The number of ether oxygens (including phenoxy) is 2. The molecule has 0 aromatic heterocycles. The number of quaternary nitrogens is 1. The van der Waals surface area contributed by atoms with Crippen LogP contribution < -0.4 is 19.5 Å². The van der Waals surface area contributed by atoms with Gasteiger partial charge in [0.2, 0.25) is 0 Å². The minimum Gasteiger partial charge on any atom is -0.545 e. The Morgan fingerprint density at radius 2 is 2.00 bits per heavy atom. The van der Waals surface area contributed by atoms with E-state index in [1.165, 1.54) is 17.0 Å². The summed E-state index contributed by atoms with van der Waals surface area (Å²) in [4.78, 5) is 12.2. The number of carbonyl (C=O) groups is 1. The fourth-order valence-electron chi connectivity index (χ4n) is 1.63. The predicted octanol–water partition coefficient (Wildman–Crippen LogP) is -0.638. The number of rotatable bonds is 8. The van der Waals surface area contributed by atoms with E-state index >= 15 is 0 Å². The molecule has 5 nitrogen and oxygen atoms in total. The Bertz CT molecular complexity index is 418. The lowest BCUT2D eigenvalue weighted by Crippen LogP contribution is -3.05. The third-order valence-corrected chi connectivity index (χ3v) is 2.56. The molecule has 0 saturated carbocycles. The zero-order valence-corrected chi connectivity index (χ0v) is 11.7. The van der Waals surface area contributed by atoms with Gasteiger partial charge in [0.05, 0.1) is 39.8 Å². The van der Waals surface area contributed by atoms with Gasteiger partial charge in [0, 0.05) is 12.0 Å². The van der Waals surface area contributed by atoms with Crippen LogP contribution in [0, 0.1) is 0 Å². The van der Waals surface area contributed by atoms with Crippen LogP contribution in [0.2, 0.25) is 0 Å². The maximum atomic E-state index is 10.8. The summed E-state index contributed by atoms with van der Waals surface area (Å²) in [5.41, 5.74) is 0.0912. The van der Waals surface area contributed by atoms with Gasteiger partial charge in [-0.05, 0) is 25.1 Å². The number of nitrogens with one attached hydrogen (secondary N) is 1. The average molecular weight is 267 g/mol. The van der Waals surface area contributed by atoms with Gasteiger partial charge < -0.3 is 24.3 Å². The van der Waals surface area contributed by atoms with Gasteiger partial charge >= 0.3 is 0 Å². The first-order chi connectivity index (χ1) is 9.04. The Balaban J connectivity index is 2.68. The maximum Gasteiger partial charge on any atom is 0.161 e. The molecule has 1 aromatic carbocycles. The number of carboxylic acids is 1. The number of carbonyl (C=O) groups excluding carboxylic acids is 1. The van der Waals surface area contributed by atoms with Crippen molar-refractivity contribution in [2.24, 2.45) is 0 Å². The first-order valence-corrected chi connectivity index (χ1v) is 6.44. The molecule has 0 atom stereocenters. The lowest BCUT2D eigenvalue weighted by molar-refractivity contribution is -0.858. The molecule has 0 saturated heterocycles. The van der Waals surface area contributed by atoms with E-state index in [4.69, 9.17) is 9.47 Å². The summed E-state index contributed by atoms with van der Waals surface area (Å²) in [6, 6.07) is 4.51. The topological polar surface area (TPSA) is 63.0 Å². The second-order valence-electron chi connectivity index (χ2n) is 4.54. The van der Waals surface area contributed by atoms with Gasteiger partial charge in [-0.25, -0.2) is 0 Å². The van der Waals surface area contributed by atoms with Crippen molar-refractivity contribution in [2.75, 3.05) is 33.9 Å². The lowest BCUT2D eigenvalue weighted by Gasteiger charge is -2.14. The highest BCUT2D eigenvalue weighted by atomic mass is 16.5. The molecule has 0 aliphatic carbocycles. The first kappa shape index (κ1) is 15.3. The minimum absolute atomic E-state index is 0.0912. The fraction of sp³-hybridized carbons (Fsp3) is 0.500. The predicted molar refractivity (Wildman–Crippen MR) is 69.7 cm³/mol. The number of hydrogen-bond donors (Lipinski definition) is 1. The molecule has 1 rings (SSSR count). The molecule has 1 aromatic rings. The number of hydrogen-bond acceptors (Lipinski definition) is 4. The van der Waals surface area contributed by atoms with Crippen LogP contribution in [0.4, 0.5) is 0 Å². The molecule has 0 radical (unpaired) electrons. The van der Waals surface area contributed by atoms with E-state index in [-0.39, 0.29) is 5.56 Å². The van der Waals surface area contributed by atoms with Crippen LogP contribution in [-0.4, -0.2) is 39.8 Å². The Morgan fingerprint density at radius 1 is 1.26 bits per heavy atom. The van der Waals surface area contributed by atoms with Crippen LogP contribution in [0.25, 0.3) is 0 Å². The average Bonchev–Trinajstić information content (AvgIpc) is 2.35. The standard InChI is InChI=1S/C14H21NO4/c1-4-18-13-10-11(14(16)17)6-7-12(13)19-9-5-8-15(2)3/h6-7,10H,4-5,8-9H2,1-3H3,(H,16,17). The van der Waals surface area contributed by atoms with Crippen molar-refractivity contribution >= 4 is 5.97 Å². The van der Waals surface area contributed by atoms with Crippen LogP contribution in [0.1, 0.15) is 23.7 Å². The van der Waals surface area contributed by atoms with Crippen molar-refractivity contribution in [2.45, 2.75) is 13.3 Å². The zero-order valence-electron chi connectivity index (χ0n) is 11.7. The number of aromatic carboxylic acids is 1. The third kappa shape index (κ3) is 5.18. The smallest absolute Gasteiger partial charge is 0.161 e. The van der Waals surface area contributed by atoms with Crippen LogP contribution in [0.15, 0.2) is 18.2 Å². The number of benzene rings is 1. The van der Waals surface area contributed by atoms with E-state index in [2.05, 4.69) is 14.1 Å². The fourth-order valence-corrected chi connectivity index (χ4v) is 1.63. The third-order valence-electron chi connectivity index (χ3n) is 2.56. The molecular formula is C14H21NO4. The monoisotopic (exact) mass is 267 g/mol. The van der Waals surface area contributed by atoms with Crippen molar-refractivity contribution in [3.05, 3.63) is 23.8 Å². The molecule has 0 heterocycles. The Hall–Kier alpha value is -1.75. The SMILES string of the molecule is CCOc1cc(C(=O)[O-])ccc1OCCC[NH+](C)C. The first-order valence-electron chi connectivity index (χ1n) is 6.44. The van der Waals surface area contributed by atoms with Crippen molar-refractivity contribution in [3.8, 4) is 11.5 Å². The highest BCUT2D eigenvalue weighted by Gasteiger charge is 2.07. The molecule has 0 amide bonds.